The highest BCUT2D eigenvalue weighted by Gasteiger charge is 2.18. The number of rotatable bonds is 6. The van der Waals surface area contributed by atoms with Gasteiger partial charge >= 0.3 is 0 Å². The van der Waals surface area contributed by atoms with Crippen LogP contribution in [-0.2, 0) is 15.3 Å². The van der Waals surface area contributed by atoms with Crippen molar-refractivity contribution in [3.8, 4) is 5.75 Å². The molecule has 108 valence electrons. The minimum absolute atomic E-state index is 0.0199. The second-order valence-corrected chi connectivity index (χ2v) is 8.16. The molecule has 0 saturated heterocycles. The molecule has 1 rings (SSSR count). The summed E-state index contributed by atoms with van der Waals surface area (Å²) in [6, 6.07) is 7.93. The summed E-state index contributed by atoms with van der Waals surface area (Å²) in [5.74, 6) is 1.25. The molecule has 0 radical (unpaired) electrons. The van der Waals surface area contributed by atoms with E-state index in [1.165, 1.54) is 0 Å². The molecule has 0 unspecified atom stereocenters. The Balaban J connectivity index is 2.60. The average Bonchev–Trinajstić information content (AvgIpc) is 2.34. The van der Waals surface area contributed by atoms with Crippen LogP contribution in [0.1, 0.15) is 39.7 Å². The van der Waals surface area contributed by atoms with E-state index in [1.54, 1.807) is 6.92 Å². The van der Waals surface area contributed by atoms with Crippen molar-refractivity contribution < 1.29 is 13.2 Å². The van der Waals surface area contributed by atoms with Gasteiger partial charge in [-0.25, -0.2) is 8.42 Å². The summed E-state index contributed by atoms with van der Waals surface area (Å²) in [6.07, 6.45) is 0.536. The van der Waals surface area contributed by atoms with Gasteiger partial charge in [0, 0.05) is 5.75 Å². The van der Waals surface area contributed by atoms with Crippen molar-refractivity contribution in [2.75, 3.05) is 18.1 Å². The van der Waals surface area contributed by atoms with Crippen LogP contribution in [0, 0.1) is 0 Å². The van der Waals surface area contributed by atoms with Crippen LogP contribution in [0.4, 0.5) is 0 Å². The molecule has 1 aromatic carbocycles. The molecule has 0 amide bonds. The number of hydrogen-bond donors (Lipinski definition) is 0. The lowest BCUT2D eigenvalue weighted by Gasteiger charge is -2.22. The van der Waals surface area contributed by atoms with Gasteiger partial charge in [-0.3, -0.25) is 0 Å². The van der Waals surface area contributed by atoms with Crippen LogP contribution in [-0.4, -0.2) is 26.5 Å². The fourth-order valence-electron chi connectivity index (χ4n) is 1.82. The monoisotopic (exact) mass is 284 g/mol. The maximum absolute atomic E-state index is 11.4. The minimum Gasteiger partial charge on any atom is -0.493 e. The number of ether oxygens (including phenoxy) is 1. The molecule has 0 aliphatic heterocycles. The molecule has 0 heterocycles. The maximum atomic E-state index is 11.4. The molecular weight excluding hydrogens is 260 g/mol. The summed E-state index contributed by atoms with van der Waals surface area (Å²) >= 11 is 0. The van der Waals surface area contributed by atoms with Gasteiger partial charge < -0.3 is 4.74 Å². The summed E-state index contributed by atoms with van der Waals surface area (Å²) < 4.78 is 28.5. The van der Waals surface area contributed by atoms with Crippen LogP contribution in [0.15, 0.2) is 24.3 Å². The molecule has 0 aliphatic carbocycles. The molecule has 19 heavy (non-hydrogen) atoms. The van der Waals surface area contributed by atoms with E-state index in [1.807, 2.05) is 18.2 Å². The molecular formula is C15H24O3S. The molecule has 0 saturated carbocycles. The van der Waals surface area contributed by atoms with Crippen LogP contribution < -0.4 is 4.74 Å². The first-order valence-electron chi connectivity index (χ1n) is 6.69. The van der Waals surface area contributed by atoms with E-state index < -0.39 is 9.84 Å². The fourth-order valence-corrected chi connectivity index (χ4v) is 2.66. The quantitative estimate of drug-likeness (QED) is 0.754. The standard InChI is InChI=1S/C15H24O3S/c1-5-19(16,17)12-8-11-18-14-10-7-6-9-13(14)15(2,3)4/h6-7,9-10H,5,8,11-12H2,1-4H3. The van der Waals surface area contributed by atoms with Crippen molar-refractivity contribution in [1.29, 1.82) is 0 Å². The lowest BCUT2D eigenvalue weighted by Crippen LogP contribution is -2.15. The summed E-state index contributed by atoms with van der Waals surface area (Å²) in [5, 5.41) is 0. The van der Waals surface area contributed by atoms with Crippen molar-refractivity contribution >= 4 is 9.84 Å². The van der Waals surface area contributed by atoms with Crippen LogP contribution in [0.5, 0.6) is 5.75 Å². The molecule has 0 aliphatic rings. The van der Waals surface area contributed by atoms with Crippen LogP contribution in [0.3, 0.4) is 0 Å². The van der Waals surface area contributed by atoms with Gasteiger partial charge in [-0.15, -0.1) is 0 Å². The van der Waals surface area contributed by atoms with Gasteiger partial charge in [0.2, 0.25) is 0 Å². The molecule has 0 spiro atoms. The Bertz CT molecular complexity index is 498. The Morgan fingerprint density at radius 3 is 2.37 bits per heavy atom. The largest absolute Gasteiger partial charge is 0.493 e. The van der Waals surface area contributed by atoms with Gasteiger partial charge in [-0.1, -0.05) is 45.9 Å². The number of hydrogen-bond acceptors (Lipinski definition) is 3. The van der Waals surface area contributed by atoms with Crippen LogP contribution in [0.2, 0.25) is 0 Å². The van der Waals surface area contributed by atoms with Gasteiger partial charge in [0.1, 0.15) is 15.6 Å². The first kappa shape index (κ1) is 16.0. The third-order valence-electron chi connectivity index (χ3n) is 2.99. The number of benzene rings is 1. The third kappa shape index (κ3) is 5.23. The summed E-state index contributed by atoms with van der Waals surface area (Å²) in [5.41, 5.74) is 1.17. The first-order valence-corrected chi connectivity index (χ1v) is 8.51. The van der Waals surface area contributed by atoms with E-state index in [4.69, 9.17) is 4.74 Å². The molecule has 3 nitrogen and oxygen atoms in total. The second kappa shape index (κ2) is 6.42. The van der Waals surface area contributed by atoms with E-state index >= 15 is 0 Å². The number of sulfone groups is 1. The third-order valence-corrected chi connectivity index (χ3v) is 4.78. The highest BCUT2D eigenvalue weighted by atomic mass is 32.2. The topological polar surface area (TPSA) is 43.4 Å². The highest BCUT2D eigenvalue weighted by Crippen LogP contribution is 2.30. The Labute approximate surface area is 116 Å². The van der Waals surface area contributed by atoms with Crippen molar-refractivity contribution in [3.63, 3.8) is 0 Å². The van der Waals surface area contributed by atoms with Gasteiger partial charge in [-0.05, 0) is 23.5 Å². The minimum atomic E-state index is -2.89. The van der Waals surface area contributed by atoms with Gasteiger partial charge in [-0.2, -0.15) is 0 Å². The van der Waals surface area contributed by atoms with E-state index in [2.05, 4.69) is 26.8 Å². The van der Waals surface area contributed by atoms with Gasteiger partial charge in [0.25, 0.3) is 0 Å². The molecule has 1 aromatic rings. The lowest BCUT2D eigenvalue weighted by molar-refractivity contribution is 0.309. The van der Waals surface area contributed by atoms with Crippen LogP contribution >= 0.6 is 0 Å². The Morgan fingerprint density at radius 2 is 1.79 bits per heavy atom. The molecule has 0 aromatic heterocycles. The number of para-hydroxylation sites is 1. The Morgan fingerprint density at radius 1 is 1.16 bits per heavy atom. The van der Waals surface area contributed by atoms with E-state index in [9.17, 15) is 8.42 Å². The zero-order valence-electron chi connectivity index (χ0n) is 12.3. The summed E-state index contributed by atoms with van der Waals surface area (Å²) in [7, 11) is -2.89. The summed E-state index contributed by atoms with van der Waals surface area (Å²) in [6.45, 7) is 8.52. The predicted octanol–water partition coefficient (Wildman–Crippen LogP) is 3.19. The maximum Gasteiger partial charge on any atom is 0.150 e. The van der Waals surface area contributed by atoms with Crippen molar-refractivity contribution in [3.05, 3.63) is 29.8 Å². The Kier molecular flexibility index (Phi) is 5.41. The van der Waals surface area contributed by atoms with Crippen molar-refractivity contribution in [1.82, 2.24) is 0 Å². The van der Waals surface area contributed by atoms with E-state index in [0.717, 1.165) is 11.3 Å². The zero-order chi connectivity index (χ0) is 14.5. The normalized spacial score (nSPS) is 12.4. The molecule has 0 fully saturated rings. The van der Waals surface area contributed by atoms with E-state index in [0.29, 0.717) is 13.0 Å². The SMILES string of the molecule is CCS(=O)(=O)CCCOc1ccccc1C(C)(C)C. The Hall–Kier alpha value is -1.03. The first-order chi connectivity index (χ1) is 8.76. The molecule has 0 atom stereocenters. The van der Waals surface area contributed by atoms with Crippen molar-refractivity contribution in [2.24, 2.45) is 0 Å². The van der Waals surface area contributed by atoms with Gasteiger partial charge in [0.15, 0.2) is 0 Å². The summed E-state index contributed by atoms with van der Waals surface area (Å²) in [4.78, 5) is 0. The van der Waals surface area contributed by atoms with Gasteiger partial charge in [0.05, 0.1) is 12.4 Å². The van der Waals surface area contributed by atoms with Crippen molar-refractivity contribution in [2.45, 2.75) is 39.5 Å². The highest BCUT2D eigenvalue weighted by molar-refractivity contribution is 7.91. The molecule has 4 heteroatoms. The molecule has 0 bridgehead atoms. The lowest BCUT2D eigenvalue weighted by atomic mass is 9.86. The van der Waals surface area contributed by atoms with E-state index in [-0.39, 0.29) is 16.9 Å². The average molecular weight is 284 g/mol. The second-order valence-electron chi connectivity index (χ2n) is 5.68. The predicted molar refractivity (Wildman–Crippen MR) is 79.6 cm³/mol. The molecule has 0 N–H and O–H groups in total. The van der Waals surface area contributed by atoms with Crippen LogP contribution in [0.25, 0.3) is 0 Å². The fraction of sp³-hybridized carbons (Fsp3) is 0.600. The zero-order valence-corrected chi connectivity index (χ0v) is 13.1. The smallest absolute Gasteiger partial charge is 0.150 e.